The second-order valence-electron chi connectivity index (χ2n) is 4.23. The fourth-order valence-corrected chi connectivity index (χ4v) is 2.11. The van der Waals surface area contributed by atoms with E-state index < -0.39 is 0 Å². The monoisotopic (exact) mass is 209 g/mol. The van der Waals surface area contributed by atoms with E-state index in [0.29, 0.717) is 12.0 Å². The maximum atomic E-state index is 4.19. The maximum Gasteiger partial charge on any atom is 0.0946 e. The molecule has 1 heterocycles. The number of aromatic nitrogens is 2. The van der Waals surface area contributed by atoms with Gasteiger partial charge in [0.05, 0.1) is 18.1 Å². The van der Waals surface area contributed by atoms with Gasteiger partial charge in [-0.05, 0) is 18.9 Å². The quantitative estimate of drug-likeness (QED) is 0.780. The van der Waals surface area contributed by atoms with E-state index in [1.807, 2.05) is 12.5 Å². The van der Waals surface area contributed by atoms with Gasteiger partial charge in [0.2, 0.25) is 0 Å². The average molecular weight is 209 g/mol. The van der Waals surface area contributed by atoms with E-state index in [-0.39, 0.29) is 0 Å². The first-order chi connectivity index (χ1) is 7.20. The standard InChI is InChI=1S/C12H23N3/c1-5-7-10(3)12(14-6-2)11-8-13-9-15(11)4/h8-10,12,14H,5-7H2,1-4H3. The molecule has 0 radical (unpaired) electrons. The van der Waals surface area contributed by atoms with Crippen LogP contribution in [0.5, 0.6) is 0 Å². The lowest BCUT2D eigenvalue weighted by atomic mass is 9.94. The molecule has 0 aliphatic rings. The molecule has 3 nitrogen and oxygen atoms in total. The minimum absolute atomic E-state index is 0.433. The van der Waals surface area contributed by atoms with Gasteiger partial charge in [-0.1, -0.05) is 27.2 Å². The number of nitrogens with zero attached hydrogens (tertiary/aromatic N) is 2. The van der Waals surface area contributed by atoms with Crippen LogP contribution < -0.4 is 5.32 Å². The van der Waals surface area contributed by atoms with Gasteiger partial charge in [0.15, 0.2) is 0 Å². The van der Waals surface area contributed by atoms with Crippen molar-refractivity contribution >= 4 is 0 Å². The molecule has 0 aliphatic carbocycles. The molecule has 3 heteroatoms. The lowest BCUT2D eigenvalue weighted by Crippen LogP contribution is -2.28. The van der Waals surface area contributed by atoms with Gasteiger partial charge in [-0.15, -0.1) is 0 Å². The van der Waals surface area contributed by atoms with Crippen LogP contribution in [0.1, 0.15) is 45.3 Å². The predicted molar refractivity (Wildman–Crippen MR) is 63.7 cm³/mol. The second kappa shape index (κ2) is 5.91. The number of imidazole rings is 1. The van der Waals surface area contributed by atoms with Crippen LogP contribution in [-0.4, -0.2) is 16.1 Å². The number of nitrogens with one attached hydrogen (secondary N) is 1. The van der Waals surface area contributed by atoms with Crippen molar-refractivity contribution in [2.75, 3.05) is 6.54 Å². The van der Waals surface area contributed by atoms with Crippen LogP contribution in [0, 0.1) is 5.92 Å². The van der Waals surface area contributed by atoms with Crippen molar-refractivity contribution in [3.8, 4) is 0 Å². The van der Waals surface area contributed by atoms with Crippen molar-refractivity contribution in [1.82, 2.24) is 14.9 Å². The Kier molecular flexibility index (Phi) is 4.82. The van der Waals surface area contributed by atoms with Crippen LogP contribution in [0.3, 0.4) is 0 Å². The maximum absolute atomic E-state index is 4.19. The van der Waals surface area contributed by atoms with Gasteiger partial charge in [0.1, 0.15) is 0 Å². The molecule has 0 aliphatic heterocycles. The van der Waals surface area contributed by atoms with E-state index in [4.69, 9.17) is 0 Å². The normalized spacial score (nSPS) is 15.2. The summed E-state index contributed by atoms with van der Waals surface area (Å²) in [7, 11) is 2.06. The zero-order valence-corrected chi connectivity index (χ0v) is 10.3. The summed E-state index contributed by atoms with van der Waals surface area (Å²) in [6.45, 7) is 7.71. The summed E-state index contributed by atoms with van der Waals surface area (Å²) in [4.78, 5) is 4.19. The molecule has 0 saturated heterocycles. The van der Waals surface area contributed by atoms with Crippen molar-refractivity contribution < 1.29 is 0 Å². The largest absolute Gasteiger partial charge is 0.336 e. The third kappa shape index (κ3) is 3.06. The highest BCUT2D eigenvalue weighted by Crippen LogP contribution is 2.24. The van der Waals surface area contributed by atoms with Gasteiger partial charge < -0.3 is 9.88 Å². The Morgan fingerprint density at radius 1 is 1.47 bits per heavy atom. The molecule has 0 saturated carbocycles. The molecule has 0 bridgehead atoms. The molecule has 1 aromatic heterocycles. The van der Waals surface area contributed by atoms with Crippen LogP contribution in [0.2, 0.25) is 0 Å². The molecule has 0 amide bonds. The number of aryl methyl sites for hydroxylation is 1. The lowest BCUT2D eigenvalue weighted by molar-refractivity contribution is 0.356. The van der Waals surface area contributed by atoms with Gasteiger partial charge in [-0.2, -0.15) is 0 Å². The molecule has 15 heavy (non-hydrogen) atoms. The van der Waals surface area contributed by atoms with Crippen LogP contribution in [0.15, 0.2) is 12.5 Å². The van der Waals surface area contributed by atoms with Gasteiger partial charge in [0.25, 0.3) is 0 Å². The molecule has 1 rings (SSSR count). The van der Waals surface area contributed by atoms with Crippen molar-refractivity contribution in [3.63, 3.8) is 0 Å². The van der Waals surface area contributed by atoms with Crippen molar-refractivity contribution in [2.45, 2.75) is 39.7 Å². The zero-order chi connectivity index (χ0) is 11.3. The lowest BCUT2D eigenvalue weighted by Gasteiger charge is -2.24. The molecule has 2 atom stereocenters. The SMILES string of the molecule is CCCC(C)C(NCC)c1cncn1C. The van der Waals surface area contributed by atoms with E-state index in [1.165, 1.54) is 18.5 Å². The highest BCUT2D eigenvalue weighted by Gasteiger charge is 2.19. The molecule has 2 unspecified atom stereocenters. The Balaban J connectivity index is 2.77. The first-order valence-electron chi connectivity index (χ1n) is 5.90. The van der Waals surface area contributed by atoms with Crippen LogP contribution >= 0.6 is 0 Å². The first-order valence-corrected chi connectivity index (χ1v) is 5.90. The smallest absolute Gasteiger partial charge is 0.0946 e. The van der Waals surface area contributed by atoms with E-state index in [2.05, 4.69) is 42.7 Å². The third-order valence-corrected chi connectivity index (χ3v) is 2.91. The Hall–Kier alpha value is -0.830. The third-order valence-electron chi connectivity index (χ3n) is 2.91. The summed E-state index contributed by atoms with van der Waals surface area (Å²) in [5, 5.41) is 3.55. The molecule has 1 aromatic rings. The summed E-state index contributed by atoms with van der Waals surface area (Å²) in [5.41, 5.74) is 1.29. The molecule has 0 aromatic carbocycles. The minimum Gasteiger partial charge on any atom is -0.336 e. The topological polar surface area (TPSA) is 29.9 Å². The van der Waals surface area contributed by atoms with E-state index >= 15 is 0 Å². The molecular formula is C12H23N3. The second-order valence-corrected chi connectivity index (χ2v) is 4.23. The van der Waals surface area contributed by atoms with Crippen molar-refractivity contribution in [2.24, 2.45) is 13.0 Å². The van der Waals surface area contributed by atoms with Crippen LogP contribution in [0.25, 0.3) is 0 Å². The Labute approximate surface area is 92.9 Å². The molecular weight excluding hydrogens is 186 g/mol. The summed E-state index contributed by atoms with van der Waals surface area (Å²) in [6.07, 6.45) is 6.33. The first kappa shape index (κ1) is 12.2. The Morgan fingerprint density at radius 2 is 2.20 bits per heavy atom. The van der Waals surface area contributed by atoms with Crippen molar-refractivity contribution in [1.29, 1.82) is 0 Å². The fourth-order valence-electron chi connectivity index (χ4n) is 2.11. The Morgan fingerprint density at radius 3 is 2.67 bits per heavy atom. The molecule has 1 N–H and O–H groups in total. The van der Waals surface area contributed by atoms with Crippen LogP contribution in [-0.2, 0) is 7.05 Å². The van der Waals surface area contributed by atoms with Gasteiger partial charge in [-0.3, -0.25) is 0 Å². The highest BCUT2D eigenvalue weighted by atomic mass is 15.1. The molecule has 86 valence electrons. The average Bonchev–Trinajstić information content (AvgIpc) is 2.61. The van der Waals surface area contributed by atoms with Gasteiger partial charge in [0, 0.05) is 13.2 Å². The van der Waals surface area contributed by atoms with Crippen molar-refractivity contribution in [3.05, 3.63) is 18.2 Å². The predicted octanol–water partition coefficient (Wildman–Crippen LogP) is 2.51. The minimum atomic E-state index is 0.433. The van der Waals surface area contributed by atoms with E-state index in [9.17, 15) is 0 Å². The number of rotatable bonds is 6. The Bertz CT molecular complexity index is 280. The summed E-state index contributed by atoms with van der Waals surface area (Å²) < 4.78 is 2.11. The summed E-state index contributed by atoms with van der Waals surface area (Å²) >= 11 is 0. The van der Waals surface area contributed by atoms with E-state index in [0.717, 1.165) is 6.54 Å². The molecule has 0 spiro atoms. The highest BCUT2D eigenvalue weighted by molar-refractivity contribution is 5.06. The summed E-state index contributed by atoms with van der Waals surface area (Å²) in [5.74, 6) is 0.658. The molecule has 0 fully saturated rings. The van der Waals surface area contributed by atoms with Gasteiger partial charge >= 0.3 is 0 Å². The summed E-state index contributed by atoms with van der Waals surface area (Å²) in [6, 6.07) is 0.433. The van der Waals surface area contributed by atoms with Gasteiger partial charge in [-0.25, -0.2) is 4.98 Å². The zero-order valence-electron chi connectivity index (χ0n) is 10.3. The fraction of sp³-hybridized carbons (Fsp3) is 0.750. The van der Waals surface area contributed by atoms with E-state index in [1.54, 1.807) is 0 Å². The van der Waals surface area contributed by atoms with Crippen LogP contribution in [0.4, 0.5) is 0 Å². The number of hydrogen-bond acceptors (Lipinski definition) is 2. The number of hydrogen-bond donors (Lipinski definition) is 1.